The van der Waals surface area contributed by atoms with Gasteiger partial charge in [-0.2, -0.15) is 0 Å². The Hall–Kier alpha value is -4.32. The van der Waals surface area contributed by atoms with Gasteiger partial charge in [0.25, 0.3) is 0 Å². The van der Waals surface area contributed by atoms with Crippen molar-refractivity contribution in [2.75, 3.05) is 0 Å². The van der Waals surface area contributed by atoms with Crippen molar-refractivity contribution in [2.24, 2.45) is 0 Å². The molecular formula is C44H52O8Pb-4. The second kappa shape index (κ2) is 20.2. The Morgan fingerprint density at radius 1 is 0.302 bits per heavy atom. The molecule has 0 atom stereocenters. The van der Waals surface area contributed by atoms with Gasteiger partial charge in [-0.25, -0.2) is 0 Å². The average molecular weight is 916 g/mol. The number of carbonyl (C=O) groups is 4. The number of hydrogen-bond donors (Lipinski definition) is 0. The molecule has 0 saturated heterocycles. The first-order valence-electron chi connectivity index (χ1n) is 16.9. The van der Waals surface area contributed by atoms with E-state index in [1.807, 2.05) is 48.5 Å². The summed E-state index contributed by atoms with van der Waals surface area (Å²) in [5.74, 6) is -4.50. The van der Waals surface area contributed by atoms with Gasteiger partial charge < -0.3 is 39.6 Å². The van der Waals surface area contributed by atoms with Crippen LogP contribution < -0.4 is 20.4 Å². The smallest absolute Gasteiger partial charge is 0.0715 e. The molecule has 0 bridgehead atoms. The van der Waals surface area contributed by atoms with Crippen molar-refractivity contribution in [3.8, 4) is 0 Å². The van der Waals surface area contributed by atoms with Gasteiger partial charge in [-0.05, 0) is 66.2 Å². The molecule has 0 unspecified atom stereocenters. The Balaban J connectivity index is 0.000000676. The van der Waals surface area contributed by atoms with Crippen molar-refractivity contribution in [3.05, 3.63) is 142 Å². The number of benzene rings is 4. The van der Waals surface area contributed by atoms with Gasteiger partial charge in [-0.3, -0.25) is 0 Å². The summed E-state index contributed by atoms with van der Waals surface area (Å²) >= 11 is 0. The number of carboxylic acid groups (broad SMARTS) is 4. The zero-order valence-corrected chi connectivity index (χ0v) is 36.9. The molecule has 0 fully saturated rings. The average Bonchev–Trinajstić information content (AvgIpc) is 3.04. The molecule has 8 nitrogen and oxygen atoms in total. The molecule has 0 aliphatic carbocycles. The molecule has 0 heterocycles. The minimum absolute atomic E-state index is 0. The van der Waals surface area contributed by atoms with Crippen LogP contribution in [0.5, 0.6) is 0 Å². The molecule has 0 aromatic heterocycles. The summed E-state index contributed by atoms with van der Waals surface area (Å²) in [6.45, 7) is 25.0. The number of rotatable bonds is 4. The fourth-order valence-electron chi connectivity index (χ4n) is 4.43. The Morgan fingerprint density at radius 2 is 0.415 bits per heavy atom. The van der Waals surface area contributed by atoms with E-state index < -0.39 is 23.9 Å². The van der Waals surface area contributed by atoms with Gasteiger partial charge in [-0.15, -0.1) is 0 Å². The molecule has 4 rings (SSSR count). The first-order chi connectivity index (χ1) is 23.6. The summed E-state index contributed by atoms with van der Waals surface area (Å²) < 4.78 is 0. The molecule has 0 N–H and O–H groups in total. The van der Waals surface area contributed by atoms with Crippen LogP contribution in [0.4, 0.5) is 0 Å². The predicted molar refractivity (Wildman–Crippen MR) is 204 cm³/mol. The summed E-state index contributed by atoms with van der Waals surface area (Å²) in [4.78, 5) is 41.8. The Labute approximate surface area is 335 Å². The van der Waals surface area contributed by atoms with E-state index >= 15 is 0 Å². The Morgan fingerprint density at radius 3 is 0.491 bits per heavy atom. The van der Waals surface area contributed by atoms with E-state index in [9.17, 15) is 39.6 Å². The molecule has 4 radical (unpaired) electrons. The number of hydrogen-bond acceptors (Lipinski definition) is 8. The third-order valence-corrected chi connectivity index (χ3v) is 7.95. The van der Waals surface area contributed by atoms with E-state index in [2.05, 4.69) is 83.1 Å². The van der Waals surface area contributed by atoms with Crippen LogP contribution in [0.15, 0.2) is 97.1 Å². The third kappa shape index (κ3) is 17.4. The van der Waals surface area contributed by atoms with Crippen molar-refractivity contribution in [1.29, 1.82) is 0 Å². The molecule has 284 valence electrons. The first kappa shape index (κ1) is 48.7. The summed E-state index contributed by atoms with van der Waals surface area (Å²) in [5.41, 5.74) is 5.65. The van der Waals surface area contributed by atoms with Crippen molar-refractivity contribution < 1.29 is 39.6 Å². The summed E-state index contributed by atoms with van der Waals surface area (Å²) in [5, 5.41) is 41.8. The van der Waals surface area contributed by atoms with Gasteiger partial charge in [0, 0.05) is 27.3 Å². The van der Waals surface area contributed by atoms with Crippen molar-refractivity contribution in [2.45, 2.75) is 105 Å². The maximum Gasteiger partial charge on any atom is 0.0715 e. The zero-order valence-electron chi connectivity index (χ0n) is 33.0. The number of aromatic carboxylic acids is 4. The maximum atomic E-state index is 10.5. The molecule has 0 amide bonds. The van der Waals surface area contributed by atoms with Crippen LogP contribution in [0, 0.1) is 0 Å². The van der Waals surface area contributed by atoms with E-state index in [-0.39, 0.29) is 71.2 Å². The van der Waals surface area contributed by atoms with Crippen LogP contribution in [0.1, 0.15) is 147 Å². The van der Waals surface area contributed by atoms with Crippen molar-refractivity contribution in [1.82, 2.24) is 0 Å². The molecule has 4 aromatic rings. The van der Waals surface area contributed by atoms with Gasteiger partial charge in [-0.1, -0.05) is 180 Å². The molecule has 0 saturated carbocycles. The number of carboxylic acids is 4. The van der Waals surface area contributed by atoms with Crippen LogP contribution in [-0.2, 0) is 21.7 Å². The SMILES string of the molecule is CC(C)(C)c1ccc(C(=O)[O-])cc1.CC(C)(C)c1ccc(C(=O)[O-])cc1.CC(C)(C)c1ccc(C(=O)[O-])cc1.CC(C)(C)c1ccc(C(=O)[O-])cc1.[Pb]. The molecule has 4 aromatic carbocycles. The normalized spacial score (nSPS) is 11.1. The van der Waals surface area contributed by atoms with E-state index in [0.29, 0.717) is 0 Å². The van der Waals surface area contributed by atoms with Crippen molar-refractivity contribution in [3.63, 3.8) is 0 Å². The van der Waals surface area contributed by atoms with Crippen LogP contribution in [0.3, 0.4) is 0 Å². The summed E-state index contributed by atoms with van der Waals surface area (Å²) in [6.07, 6.45) is 0. The second-order valence-electron chi connectivity index (χ2n) is 16.5. The second-order valence-corrected chi connectivity index (χ2v) is 16.5. The third-order valence-electron chi connectivity index (χ3n) is 7.95. The fourth-order valence-corrected chi connectivity index (χ4v) is 4.43. The minimum Gasteiger partial charge on any atom is -0.545 e. The molecule has 53 heavy (non-hydrogen) atoms. The first-order valence-corrected chi connectivity index (χ1v) is 16.9. The van der Waals surface area contributed by atoms with Gasteiger partial charge in [0.2, 0.25) is 0 Å². The maximum absolute atomic E-state index is 10.5. The monoisotopic (exact) mass is 916 g/mol. The fraction of sp³-hybridized carbons (Fsp3) is 0.364. The van der Waals surface area contributed by atoms with Crippen LogP contribution in [0.2, 0.25) is 0 Å². The molecule has 9 heteroatoms. The minimum atomic E-state index is -1.12. The van der Waals surface area contributed by atoms with Crippen LogP contribution in [0.25, 0.3) is 0 Å². The Bertz CT molecular complexity index is 1490. The topological polar surface area (TPSA) is 161 Å². The summed E-state index contributed by atoms with van der Waals surface area (Å²) in [7, 11) is 0. The summed E-state index contributed by atoms with van der Waals surface area (Å²) in [6, 6.07) is 27.2. The van der Waals surface area contributed by atoms with E-state index in [0.717, 1.165) is 22.3 Å². The van der Waals surface area contributed by atoms with E-state index in [1.54, 1.807) is 48.5 Å². The number of carbonyl (C=O) groups excluding carboxylic acids is 4. The van der Waals surface area contributed by atoms with Crippen molar-refractivity contribution >= 4 is 51.2 Å². The molecular weight excluding hydrogens is 864 g/mol. The van der Waals surface area contributed by atoms with Crippen LogP contribution >= 0.6 is 0 Å². The van der Waals surface area contributed by atoms with Gasteiger partial charge >= 0.3 is 0 Å². The Kier molecular flexibility index (Phi) is 18.6. The molecule has 0 aliphatic rings. The largest absolute Gasteiger partial charge is 0.545 e. The van der Waals surface area contributed by atoms with Gasteiger partial charge in [0.05, 0.1) is 23.9 Å². The van der Waals surface area contributed by atoms with E-state index in [4.69, 9.17) is 0 Å². The molecule has 0 spiro atoms. The quantitative estimate of drug-likeness (QED) is 0.259. The van der Waals surface area contributed by atoms with Crippen LogP contribution in [-0.4, -0.2) is 51.2 Å². The standard InChI is InChI=1S/4C11H14O2.Pb/c4*1-11(2,3)9-6-4-8(5-7-9)10(12)13;/h4*4-7H,1-3H3,(H,12,13);/p-4. The predicted octanol–water partition coefficient (Wildman–Crippen LogP) is 5.01. The van der Waals surface area contributed by atoms with E-state index in [1.165, 1.54) is 0 Å². The van der Waals surface area contributed by atoms with Gasteiger partial charge in [0.1, 0.15) is 0 Å². The van der Waals surface area contributed by atoms with Gasteiger partial charge in [0.15, 0.2) is 0 Å². The zero-order chi connectivity index (χ0) is 40.2. The molecule has 0 aliphatic heterocycles.